The van der Waals surface area contributed by atoms with Crippen molar-refractivity contribution in [3.63, 3.8) is 0 Å². The van der Waals surface area contributed by atoms with E-state index in [1.165, 1.54) is 0 Å². The van der Waals surface area contributed by atoms with Gasteiger partial charge >= 0.3 is 5.97 Å². The number of ether oxygens (including phenoxy) is 1. The molecule has 0 radical (unpaired) electrons. The highest BCUT2D eigenvalue weighted by atomic mass is 32.1. The van der Waals surface area contributed by atoms with Gasteiger partial charge in [0.1, 0.15) is 10.9 Å². The van der Waals surface area contributed by atoms with Crippen LogP contribution in [-0.4, -0.2) is 55.0 Å². The number of thiazole rings is 1. The highest BCUT2D eigenvalue weighted by molar-refractivity contribution is 7.18. The fourth-order valence-corrected chi connectivity index (χ4v) is 4.42. The van der Waals surface area contributed by atoms with Crippen LogP contribution in [0.2, 0.25) is 0 Å². The molecule has 0 saturated carbocycles. The van der Waals surface area contributed by atoms with Crippen molar-refractivity contribution in [2.75, 3.05) is 33.3 Å². The summed E-state index contributed by atoms with van der Waals surface area (Å²) < 4.78 is 6.28. The summed E-state index contributed by atoms with van der Waals surface area (Å²) in [5, 5.41) is 0.945. The number of quaternary nitrogens is 1. The monoisotopic (exact) mass is 376 g/mol. The van der Waals surface area contributed by atoms with Crippen LogP contribution in [0, 0.1) is 5.92 Å². The number of likely N-dealkylation sites (tertiary alicyclic amines) is 1. The molecule has 1 unspecified atom stereocenters. The number of fused-ring (bicyclic) bond motifs is 1. The number of aromatic nitrogens is 1. The Morgan fingerprint density at radius 1 is 1.38 bits per heavy atom. The summed E-state index contributed by atoms with van der Waals surface area (Å²) in [6, 6.07) is 8.01. The third kappa shape index (κ3) is 4.59. The van der Waals surface area contributed by atoms with E-state index in [4.69, 9.17) is 4.74 Å². The molecular weight excluding hydrogens is 350 g/mol. The minimum absolute atomic E-state index is 0.0823. The molecule has 7 heteroatoms. The SMILES string of the molecule is CCOC(=O)[C@H]1CCC[NH+](CC(=O)N(C)Cc2nc3ccccc3s2)C1. The minimum atomic E-state index is -0.125. The van der Waals surface area contributed by atoms with Gasteiger partial charge in [-0.1, -0.05) is 12.1 Å². The van der Waals surface area contributed by atoms with E-state index in [1.54, 1.807) is 16.2 Å². The third-order valence-electron chi connectivity index (χ3n) is 4.78. The van der Waals surface area contributed by atoms with Crippen LogP contribution in [0.1, 0.15) is 24.8 Å². The van der Waals surface area contributed by atoms with Gasteiger partial charge < -0.3 is 14.5 Å². The van der Waals surface area contributed by atoms with Crippen LogP contribution in [0.15, 0.2) is 24.3 Å². The van der Waals surface area contributed by atoms with Crippen molar-refractivity contribution in [2.45, 2.75) is 26.3 Å². The molecule has 1 aromatic carbocycles. The van der Waals surface area contributed by atoms with Crippen LogP contribution in [0.4, 0.5) is 0 Å². The number of hydrogen-bond donors (Lipinski definition) is 1. The minimum Gasteiger partial charge on any atom is -0.466 e. The first-order valence-electron chi connectivity index (χ1n) is 9.15. The average molecular weight is 377 g/mol. The van der Waals surface area contributed by atoms with Crippen molar-refractivity contribution in [3.8, 4) is 0 Å². The number of esters is 1. The van der Waals surface area contributed by atoms with Gasteiger partial charge in [-0.25, -0.2) is 4.98 Å². The van der Waals surface area contributed by atoms with Crippen molar-refractivity contribution in [1.29, 1.82) is 0 Å². The van der Waals surface area contributed by atoms with E-state index in [1.807, 2.05) is 38.2 Å². The number of carbonyl (C=O) groups is 2. The Bertz CT molecular complexity index is 743. The lowest BCUT2D eigenvalue weighted by Crippen LogP contribution is -3.14. The summed E-state index contributed by atoms with van der Waals surface area (Å²) in [7, 11) is 1.82. The zero-order valence-corrected chi connectivity index (χ0v) is 16.2. The van der Waals surface area contributed by atoms with Crippen molar-refractivity contribution >= 4 is 33.4 Å². The maximum Gasteiger partial charge on any atom is 0.314 e. The largest absolute Gasteiger partial charge is 0.466 e. The third-order valence-corrected chi connectivity index (χ3v) is 5.80. The molecule has 1 fully saturated rings. The topological polar surface area (TPSA) is 63.9 Å². The standard InChI is InChI=1S/C19H25N3O3S/c1-3-25-19(24)14-7-6-10-22(11-14)13-18(23)21(2)12-17-20-15-8-4-5-9-16(15)26-17/h4-5,8-9,14H,3,6-7,10-13H2,1-2H3/p+1/t14-/m0/s1. The summed E-state index contributed by atoms with van der Waals surface area (Å²) in [6.07, 6.45) is 1.81. The molecule has 0 bridgehead atoms. The quantitative estimate of drug-likeness (QED) is 0.768. The van der Waals surface area contributed by atoms with Crippen LogP contribution in [0.3, 0.4) is 0 Å². The van der Waals surface area contributed by atoms with Crippen molar-refractivity contribution < 1.29 is 19.2 Å². The molecule has 2 heterocycles. The molecule has 1 N–H and O–H groups in total. The maximum absolute atomic E-state index is 12.6. The fraction of sp³-hybridized carbons (Fsp3) is 0.526. The van der Waals surface area contributed by atoms with E-state index >= 15 is 0 Å². The molecule has 3 rings (SSSR count). The van der Waals surface area contributed by atoms with E-state index in [0.717, 1.165) is 39.5 Å². The number of nitrogens with zero attached hydrogens (tertiary/aromatic N) is 2. The second kappa shape index (κ2) is 8.60. The lowest BCUT2D eigenvalue weighted by Gasteiger charge is -2.29. The van der Waals surface area contributed by atoms with Gasteiger partial charge in [0.15, 0.2) is 6.54 Å². The first-order chi connectivity index (χ1) is 12.6. The lowest BCUT2D eigenvalue weighted by atomic mass is 9.98. The number of piperidine rings is 1. The van der Waals surface area contributed by atoms with Crippen LogP contribution in [0.25, 0.3) is 10.2 Å². The van der Waals surface area contributed by atoms with Gasteiger partial charge in [-0.2, -0.15) is 0 Å². The molecule has 140 valence electrons. The molecule has 1 amide bonds. The van der Waals surface area contributed by atoms with E-state index in [-0.39, 0.29) is 17.8 Å². The number of amides is 1. The number of rotatable bonds is 6. The Morgan fingerprint density at radius 3 is 2.96 bits per heavy atom. The first kappa shape index (κ1) is 18.8. The highest BCUT2D eigenvalue weighted by Crippen LogP contribution is 2.22. The van der Waals surface area contributed by atoms with E-state index in [9.17, 15) is 9.59 Å². The Balaban J connectivity index is 1.54. The highest BCUT2D eigenvalue weighted by Gasteiger charge is 2.31. The molecule has 0 aliphatic carbocycles. The van der Waals surface area contributed by atoms with E-state index in [0.29, 0.717) is 26.2 Å². The van der Waals surface area contributed by atoms with Crippen molar-refractivity contribution in [1.82, 2.24) is 9.88 Å². The van der Waals surface area contributed by atoms with Crippen LogP contribution in [0.5, 0.6) is 0 Å². The van der Waals surface area contributed by atoms with Gasteiger partial charge in [0, 0.05) is 7.05 Å². The van der Waals surface area contributed by atoms with Gasteiger partial charge in [0.05, 0.1) is 36.5 Å². The number of para-hydroxylation sites is 1. The van der Waals surface area contributed by atoms with Crippen molar-refractivity contribution in [2.24, 2.45) is 5.92 Å². The number of hydrogen-bond acceptors (Lipinski definition) is 5. The summed E-state index contributed by atoms with van der Waals surface area (Å²) in [4.78, 5) is 32.0. The molecule has 2 aromatic rings. The average Bonchev–Trinajstić information content (AvgIpc) is 3.04. The van der Waals surface area contributed by atoms with Gasteiger partial charge in [-0.05, 0) is 31.9 Å². The van der Waals surface area contributed by atoms with Crippen LogP contribution < -0.4 is 4.90 Å². The molecule has 1 aliphatic heterocycles. The van der Waals surface area contributed by atoms with E-state index in [2.05, 4.69) is 4.98 Å². The van der Waals surface area contributed by atoms with Gasteiger partial charge in [0.2, 0.25) is 0 Å². The normalized spacial score (nSPS) is 20.1. The molecule has 0 spiro atoms. The maximum atomic E-state index is 12.6. The number of benzene rings is 1. The van der Waals surface area contributed by atoms with E-state index < -0.39 is 0 Å². The fourth-order valence-electron chi connectivity index (χ4n) is 3.40. The Labute approximate surface area is 157 Å². The summed E-state index contributed by atoms with van der Waals surface area (Å²) in [5.74, 6) is -0.121. The predicted octanol–water partition coefficient (Wildman–Crippen LogP) is 1.11. The zero-order valence-electron chi connectivity index (χ0n) is 15.4. The Hall–Kier alpha value is -1.99. The summed E-state index contributed by atoms with van der Waals surface area (Å²) in [6.45, 7) is 4.78. The zero-order chi connectivity index (χ0) is 18.5. The van der Waals surface area contributed by atoms with Crippen LogP contribution in [-0.2, 0) is 20.9 Å². The molecular formula is C19H26N3O3S+. The molecule has 1 saturated heterocycles. The number of nitrogens with one attached hydrogen (secondary N) is 1. The second-order valence-corrected chi connectivity index (χ2v) is 7.91. The number of carbonyl (C=O) groups excluding carboxylic acids is 2. The second-order valence-electron chi connectivity index (χ2n) is 6.80. The molecule has 1 aromatic heterocycles. The molecule has 26 heavy (non-hydrogen) atoms. The van der Waals surface area contributed by atoms with Crippen LogP contribution >= 0.6 is 11.3 Å². The Morgan fingerprint density at radius 2 is 2.19 bits per heavy atom. The van der Waals surface area contributed by atoms with Gasteiger partial charge in [-0.3, -0.25) is 9.59 Å². The first-order valence-corrected chi connectivity index (χ1v) is 9.97. The molecule has 2 atom stereocenters. The predicted molar refractivity (Wildman–Crippen MR) is 101 cm³/mol. The van der Waals surface area contributed by atoms with Gasteiger partial charge in [0.25, 0.3) is 5.91 Å². The Kier molecular flexibility index (Phi) is 6.21. The smallest absolute Gasteiger partial charge is 0.314 e. The summed E-state index contributed by atoms with van der Waals surface area (Å²) >= 11 is 1.63. The van der Waals surface area contributed by atoms with Gasteiger partial charge in [-0.15, -0.1) is 11.3 Å². The summed E-state index contributed by atoms with van der Waals surface area (Å²) in [5.41, 5.74) is 0.979. The lowest BCUT2D eigenvalue weighted by molar-refractivity contribution is -0.899. The number of likely N-dealkylation sites (N-methyl/N-ethyl adjacent to an activating group) is 1. The molecule has 1 aliphatic rings. The van der Waals surface area contributed by atoms with Crippen molar-refractivity contribution in [3.05, 3.63) is 29.3 Å². The molecule has 6 nitrogen and oxygen atoms in total.